The van der Waals surface area contributed by atoms with Gasteiger partial charge in [-0.3, -0.25) is 4.79 Å². The zero-order valence-electron chi connectivity index (χ0n) is 14.7. The van der Waals surface area contributed by atoms with Crippen LogP contribution in [0.25, 0.3) is 11.1 Å². The first kappa shape index (κ1) is 18.8. The van der Waals surface area contributed by atoms with E-state index in [-0.39, 0.29) is 19.1 Å². The van der Waals surface area contributed by atoms with Crippen molar-refractivity contribution < 1.29 is 19.4 Å². The molecule has 3 aromatic carbocycles. The number of halogens is 1. The lowest BCUT2D eigenvalue weighted by Gasteiger charge is -2.09. The van der Waals surface area contributed by atoms with Crippen molar-refractivity contribution in [3.05, 3.63) is 89.2 Å². The Hall–Kier alpha value is -3.02. The van der Waals surface area contributed by atoms with Gasteiger partial charge in [-0.15, -0.1) is 0 Å². The van der Waals surface area contributed by atoms with Gasteiger partial charge < -0.3 is 15.5 Å². The Morgan fingerprint density at radius 3 is 2.37 bits per heavy atom. The van der Waals surface area contributed by atoms with Gasteiger partial charge in [-0.25, -0.2) is 4.39 Å². The smallest absolute Gasteiger partial charge is 0.255 e. The van der Waals surface area contributed by atoms with Crippen molar-refractivity contribution in [1.82, 2.24) is 0 Å². The van der Waals surface area contributed by atoms with Crippen LogP contribution in [0.4, 0.5) is 10.1 Å². The fourth-order valence-electron chi connectivity index (χ4n) is 2.81. The molecule has 0 saturated heterocycles. The van der Waals surface area contributed by atoms with Crippen molar-refractivity contribution in [2.75, 3.05) is 11.9 Å². The van der Waals surface area contributed by atoms with Crippen molar-refractivity contribution in [2.24, 2.45) is 0 Å². The van der Waals surface area contributed by atoms with Gasteiger partial charge in [0.15, 0.2) is 0 Å². The van der Waals surface area contributed by atoms with Crippen molar-refractivity contribution in [1.29, 1.82) is 0 Å². The van der Waals surface area contributed by atoms with Crippen molar-refractivity contribution in [3.8, 4) is 11.1 Å². The number of hydrogen-bond donors (Lipinski definition) is 3. The summed E-state index contributed by atoms with van der Waals surface area (Å²) >= 11 is 0. The average Bonchev–Trinajstić information content (AvgIpc) is 2.70. The quantitative estimate of drug-likeness (QED) is 0.623. The van der Waals surface area contributed by atoms with E-state index in [4.69, 9.17) is 5.11 Å². The number of benzene rings is 3. The van der Waals surface area contributed by atoms with E-state index in [1.165, 1.54) is 12.1 Å². The van der Waals surface area contributed by atoms with Gasteiger partial charge in [0, 0.05) is 23.4 Å². The lowest BCUT2D eigenvalue weighted by Crippen LogP contribution is -2.12. The molecule has 0 aliphatic carbocycles. The molecule has 0 atom stereocenters. The fourth-order valence-corrected chi connectivity index (χ4v) is 2.81. The second kappa shape index (κ2) is 8.58. The highest BCUT2D eigenvalue weighted by atomic mass is 19.1. The first-order valence-corrected chi connectivity index (χ1v) is 8.61. The third-order valence-corrected chi connectivity index (χ3v) is 4.26. The number of aliphatic hydroxyl groups excluding tert-OH is 2. The zero-order valence-corrected chi connectivity index (χ0v) is 14.7. The van der Waals surface area contributed by atoms with Crippen molar-refractivity contribution >= 4 is 11.6 Å². The van der Waals surface area contributed by atoms with Crippen LogP contribution < -0.4 is 5.32 Å². The maximum absolute atomic E-state index is 14.2. The zero-order chi connectivity index (χ0) is 19.2. The Morgan fingerprint density at radius 2 is 1.67 bits per heavy atom. The van der Waals surface area contributed by atoms with Crippen LogP contribution in [0.15, 0.2) is 66.7 Å². The molecule has 1 amide bonds. The minimum absolute atomic E-state index is 0.0759. The minimum Gasteiger partial charge on any atom is -0.396 e. The summed E-state index contributed by atoms with van der Waals surface area (Å²) < 4.78 is 14.2. The highest BCUT2D eigenvalue weighted by Crippen LogP contribution is 2.25. The number of carbonyl (C=O) groups excluding carboxylic acids is 1. The summed E-state index contributed by atoms with van der Waals surface area (Å²) in [4.78, 5) is 12.5. The van der Waals surface area contributed by atoms with Crippen LogP contribution in [0.1, 0.15) is 21.5 Å². The molecule has 0 saturated carbocycles. The molecule has 0 aliphatic rings. The van der Waals surface area contributed by atoms with Crippen LogP contribution in [-0.2, 0) is 13.0 Å². The Morgan fingerprint density at radius 1 is 0.926 bits per heavy atom. The van der Waals surface area contributed by atoms with Gasteiger partial charge in [0.1, 0.15) is 5.82 Å². The normalized spacial score (nSPS) is 10.6. The maximum atomic E-state index is 14.2. The summed E-state index contributed by atoms with van der Waals surface area (Å²) in [6.45, 7) is -0.105. The lowest BCUT2D eigenvalue weighted by atomic mass is 10.0. The van der Waals surface area contributed by atoms with E-state index < -0.39 is 5.82 Å². The molecule has 27 heavy (non-hydrogen) atoms. The summed E-state index contributed by atoms with van der Waals surface area (Å²) in [5, 5.41) is 21.0. The van der Waals surface area contributed by atoms with Crippen molar-refractivity contribution in [2.45, 2.75) is 13.0 Å². The summed E-state index contributed by atoms with van der Waals surface area (Å²) in [6, 6.07) is 18.3. The molecule has 138 valence electrons. The predicted molar refractivity (Wildman–Crippen MR) is 103 cm³/mol. The minimum atomic E-state index is -0.413. The number of aliphatic hydroxyl groups is 2. The molecule has 0 aliphatic heterocycles. The van der Waals surface area contributed by atoms with E-state index in [1.807, 2.05) is 12.1 Å². The van der Waals surface area contributed by atoms with E-state index in [2.05, 4.69) is 5.32 Å². The standard InChI is InChI=1S/C22H20FNO3/c23-21-9-6-16(14-26)12-20(21)17-2-1-3-18(13-17)22(27)24-19-7-4-15(5-8-19)10-11-25/h1-9,12-13,25-26H,10-11,14H2,(H,24,27). The summed E-state index contributed by atoms with van der Waals surface area (Å²) in [6.07, 6.45) is 0.564. The van der Waals surface area contributed by atoms with Gasteiger partial charge in [0.05, 0.1) is 6.61 Å². The molecule has 0 fully saturated rings. The third-order valence-electron chi connectivity index (χ3n) is 4.26. The van der Waals surface area contributed by atoms with E-state index in [0.717, 1.165) is 5.56 Å². The summed E-state index contributed by atoms with van der Waals surface area (Å²) in [5.41, 5.74) is 3.53. The van der Waals surface area contributed by atoms with Gasteiger partial charge in [0.25, 0.3) is 5.91 Å². The van der Waals surface area contributed by atoms with E-state index in [9.17, 15) is 14.3 Å². The Bertz CT molecular complexity index is 939. The van der Waals surface area contributed by atoms with Crippen LogP contribution in [-0.4, -0.2) is 22.7 Å². The molecule has 3 N–H and O–H groups in total. The van der Waals surface area contributed by atoms with Crippen LogP contribution >= 0.6 is 0 Å². The SMILES string of the molecule is O=C(Nc1ccc(CCO)cc1)c1cccc(-c2cc(CO)ccc2F)c1. The number of anilines is 1. The van der Waals surface area contributed by atoms with Gasteiger partial charge in [-0.1, -0.05) is 30.3 Å². The molecule has 0 bridgehead atoms. The van der Waals surface area contributed by atoms with Crippen LogP contribution in [0.5, 0.6) is 0 Å². The fraction of sp³-hybridized carbons (Fsp3) is 0.136. The Labute approximate surface area is 156 Å². The Kier molecular flexibility index (Phi) is 5.96. The van der Waals surface area contributed by atoms with Crippen molar-refractivity contribution in [3.63, 3.8) is 0 Å². The highest BCUT2D eigenvalue weighted by Gasteiger charge is 2.11. The monoisotopic (exact) mass is 365 g/mol. The number of carbonyl (C=O) groups is 1. The van der Waals surface area contributed by atoms with Gasteiger partial charge in [-0.2, -0.15) is 0 Å². The average molecular weight is 365 g/mol. The number of hydrogen-bond acceptors (Lipinski definition) is 3. The molecule has 4 nitrogen and oxygen atoms in total. The second-order valence-electron chi connectivity index (χ2n) is 6.18. The van der Waals surface area contributed by atoms with Gasteiger partial charge in [-0.05, 0) is 59.5 Å². The molecule has 0 radical (unpaired) electrons. The van der Waals surface area contributed by atoms with Crippen LogP contribution in [0.2, 0.25) is 0 Å². The molecule has 0 spiro atoms. The molecular weight excluding hydrogens is 345 g/mol. The summed E-state index contributed by atoms with van der Waals surface area (Å²) in [5.74, 6) is -0.713. The molecule has 5 heteroatoms. The Balaban J connectivity index is 1.81. The lowest BCUT2D eigenvalue weighted by molar-refractivity contribution is 0.102. The number of rotatable bonds is 6. The highest BCUT2D eigenvalue weighted by molar-refractivity contribution is 6.05. The molecule has 3 rings (SSSR count). The van der Waals surface area contributed by atoms with Gasteiger partial charge in [0.2, 0.25) is 0 Å². The molecule has 3 aromatic rings. The second-order valence-corrected chi connectivity index (χ2v) is 6.18. The summed E-state index contributed by atoms with van der Waals surface area (Å²) in [7, 11) is 0. The largest absolute Gasteiger partial charge is 0.396 e. The molecular formula is C22H20FNO3. The topological polar surface area (TPSA) is 69.6 Å². The van der Waals surface area contributed by atoms with Gasteiger partial charge >= 0.3 is 0 Å². The van der Waals surface area contributed by atoms with E-state index in [1.54, 1.807) is 42.5 Å². The van der Waals surface area contributed by atoms with Crippen LogP contribution in [0, 0.1) is 5.82 Å². The first-order valence-electron chi connectivity index (χ1n) is 8.61. The number of amides is 1. The number of nitrogens with one attached hydrogen (secondary N) is 1. The predicted octanol–water partition coefficient (Wildman–Crippen LogP) is 3.77. The molecule has 0 unspecified atom stereocenters. The van der Waals surface area contributed by atoms with E-state index >= 15 is 0 Å². The van der Waals surface area contributed by atoms with Crippen LogP contribution in [0.3, 0.4) is 0 Å². The third kappa shape index (κ3) is 4.58. The molecule has 0 aromatic heterocycles. The molecule has 0 heterocycles. The maximum Gasteiger partial charge on any atom is 0.255 e. The first-order chi connectivity index (χ1) is 13.1. The van der Waals surface area contributed by atoms with E-state index in [0.29, 0.717) is 34.4 Å².